The Kier molecular flexibility index (Phi) is 4.92. The number of hydrogen-bond acceptors (Lipinski definition) is 7. The lowest BCUT2D eigenvalue weighted by molar-refractivity contribution is -0.0592. The predicted octanol–water partition coefficient (Wildman–Crippen LogP) is 4.21. The number of nitrogens with zero attached hydrogens (tertiary/aromatic N) is 3. The summed E-state index contributed by atoms with van der Waals surface area (Å²) >= 11 is 0. The van der Waals surface area contributed by atoms with Crippen molar-refractivity contribution in [3.63, 3.8) is 0 Å². The molecule has 0 aliphatic heterocycles. The van der Waals surface area contributed by atoms with Gasteiger partial charge in [-0.1, -0.05) is 25.9 Å². The largest absolute Gasteiger partial charge is 0.402 e. The smallest absolute Gasteiger partial charge is 0.316 e. The molecule has 7 nitrogen and oxygen atoms in total. The van der Waals surface area contributed by atoms with Gasteiger partial charge in [-0.15, -0.1) is 5.10 Å². The van der Waals surface area contributed by atoms with Gasteiger partial charge in [0.15, 0.2) is 0 Å². The second-order valence-corrected chi connectivity index (χ2v) is 9.26. The quantitative estimate of drug-likeness (QED) is 0.577. The Hall–Kier alpha value is -2.74. The molecular weight excluding hydrogens is 385 g/mol. The number of nitrogens with one attached hydrogen (secondary N) is 2. The molecule has 1 aliphatic carbocycles. The Morgan fingerprint density at radius 3 is 2.60 bits per heavy atom. The lowest BCUT2D eigenvalue weighted by Gasteiger charge is -2.41. The number of halogens is 1. The first-order valence-electron chi connectivity index (χ1n) is 10.1. The van der Waals surface area contributed by atoms with Gasteiger partial charge in [-0.3, -0.25) is 0 Å². The van der Waals surface area contributed by atoms with E-state index >= 15 is 0 Å². The van der Waals surface area contributed by atoms with Gasteiger partial charge < -0.3 is 20.2 Å². The van der Waals surface area contributed by atoms with Gasteiger partial charge >= 0.3 is 6.01 Å². The number of hydrogen-bond donors (Lipinski definition) is 3. The molecule has 0 bridgehead atoms. The van der Waals surface area contributed by atoms with Gasteiger partial charge in [0, 0.05) is 24.2 Å². The second kappa shape index (κ2) is 7.19. The summed E-state index contributed by atoms with van der Waals surface area (Å²) in [5, 5.41) is 25.4. The fraction of sp³-hybridized carbons (Fsp3) is 0.500. The van der Waals surface area contributed by atoms with Gasteiger partial charge in [0.05, 0.1) is 11.1 Å². The number of pyridine rings is 1. The number of aryl methyl sites for hydroxylation is 1. The molecule has 2 heterocycles. The van der Waals surface area contributed by atoms with Crippen LogP contribution in [0.25, 0.3) is 22.5 Å². The summed E-state index contributed by atoms with van der Waals surface area (Å²) in [6.07, 6.45) is 0.634. The Labute approximate surface area is 175 Å². The Morgan fingerprint density at radius 1 is 1.23 bits per heavy atom. The minimum absolute atomic E-state index is 0.0854. The molecule has 8 heteroatoms. The highest BCUT2D eigenvalue weighted by atomic mass is 19.1. The minimum Gasteiger partial charge on any atom is -0.402 e. The van der Waals surface area contributed by atoms with Gasteiger partial charge in [0.2, 0.25) is 0 Å². The Balaban J connectivity index is 1.68. The molecule has 4 rings (SSSR count). The summed E-state index contributed by atoms with van der Waals surface area (Å²) in [4.78, 5) is 4.87. The molecule has 0 amide bonds. The van der Waals surface area contributed by atoms with Crippen molar-refractivity contribution in [2.24, 2.45) is 0 Å². The van der Waals surface area contributed by atoms with Crippen molar-refractivity contribution in [1.82, 2.24) is 15.2 Å². The van der Waals surface area contributed by atoms with Crippen LogP contribution < -0.4 is 10.6 Å². The normalized spacial score (nSPS) is 21.5. The number of anilines is 2. The molecule has 0 saturated heterocycles. The molecule has 160 valence electrons. The lowest BCUT2D eigenvalue weighted by Crippen LogP contribution is -2.52. The first-order chi connectivity index (χ1) is 14.1. The van der Waals surface area contributed by atoms with Gasteiger partial charge in [-0.05, 0) is 54.5 Å². The Bertz CT molecular complexity index is 1080. The molecule has 0 unspecified atom stereocenters. The zero-order valence-electron chi connectivity index (χ0n) is 18.0. The maximum Gasteiger partial charge on any atom is 0.316 e. The molecule has 0 atom stereocenters. The average molecular weight is 413 g/mol. The second-order valence-electron chi connectivity index (χ2n) is 9.26. The van der Waals surface area contributed by atoms with Gasteiger partial charge in [0.25, 0.3) is 5.89 Å². The van der Waals surface area contributed by atoms with Crippen LogP contribution in [0, 0.1) is 6.92 Å². The van der Waals surface area contributed by atoms with Crippen molar-refractivity contribution in [2.45, 2.75) is 57.6 Å². The van der Waals surface area contributed by atoms with Gasteiger partial charge in [-0.25, -0.2) is 9.37 Å². The van der Waals surface area contributed by atoms with Crippen molar-refractivity contribution in [3.8, 4) is 11.6 Å². The zero-order chi connectivity index (χ0) is 21.7. The van der Waals surface area contributed by atoms with E-state index in [-0.39, 0.29) is 17.5 Å². The van der Waals surface area contributed by atoms with Crippen LogP contribution in [0.1, 0.15) is 44.7 Å². The molecule has 0 spiro atoms. The summed E-state index contributed by atoms with van der Waals surface area (Å²) in [6.45, 7) is 7.79. The summed E-state index contributed by atoms with van der Waals surface area (Å²) in [6, 6.07) is 6.33. The van der Waals surface area contributed by atoms with E-state index in [1.54, 1.807) is 0 Å². The van der Waals surface area contributed by atoms with Crippen LogP contribution in [0.5, 0.6) is 0 Å². The van der Waals surface area contributed by atoms with Gasteiger partial charge in [0.1, 0.15) is 12.4 Å². The van der Waals surface area contributed by atoms with Crippen LogP contribution in [0.4, 0.5) is 16.1 Å². The zero-order valence-corrected chi connectivity index (χ0v) is 18.0. The third-order valence-corrected chi connectivity index (χ3v) is 5.69. The van der Waals surface area contributed by atoms with Crippen molar-refractivity contribution in [2.75, 3.05) is 24.4 Å². The lowest BCUT2D eigenvalue weighted by atomic mass is 9.77. The topological polar surface area (TPSA) is 96.1 Å². The summed E-state index contributed by atoms with van der Waals surface area (Å²) in [5.74, 6) is 0.320. The monoisotopic (exact) mass is 413 g/mol. The highest BCUT2D eigenvalue weighted by Gasteiger charge is 2.43. The fourth-order valence-corrected chi connectivity index (χ4v) is 3.95. The molecule has 3 N–H and O–H groups in total. The van der Waals surface area contributed by atoms with Crippen molar-refractivity contribution >= 4 is 22.6 Å². The number of benzene rings is 1. The maximum atomic E-state index is 12.7. The SMILES string of the molecule is CNc1cc(C(C)(C)C)c2nc(-c3nnc(N[C@H]4C[C@](O)(CF)C4)o3)cc(C)c2c1. The number of fused-ring (bicyclic) bond motifs is 1. The highest BCUT2D eigenvalue weighted by Crippen LogP contribution is 2.36. The maximum absolute atomic E-state index is 12.7. The predicted molar refractivity (Wildman–Crippen MR) is 116 cm³/mol. The molecule has 1 aromatic carbocycles. The van der Waals surface area contributed by atoms with Crippen LogP contribution in [-0.4, -0.2) is 45.7 Å². The number of aliphatic hydroxyl groups is 1. The van der Waals surface area contributed by atoms with Crippen LogP contribution in [0.2, 0.25) is 0 Å². The molecule has 3 aromatic rings. The molecule has 1 saturated carbocycles. The average Bonchev–Trinajstić information content (AvgIpc) is 3.13. The Morgan fingerprint density at radius 2 is 1.97 bits per heavy atom. The molecule has 1 aliphatic rings. The number of alkyl halides is 1. The van der Waals surface area contributed by atoms with E-state index in [0.29, 0.717) is 24.4 Å². The summed E-state index contributed by atoms with van der Waals surface area (Å²) in [7, 11) is 1.91. The highest BCUT2D eigenvalue weighted by molar-refractivity contribution is 5.90. The third kappa shape index (κ3) is 3.71. The van der Waals surface area contributed by atoms with Gasteiger partial charge in [-0.2, -0.15) is 0 Å². The van der Waals surface area contributed by atoms with Crippen LogP contribution >= 0.6 is 0 Å². The summed E-state index contributed by atoms with van der Waals surface area (Å²) < 4.78 is 18.5. The molecule has 0 radical (unpaired) electrons. The van der Waals surface area contributed by atoms with E-state index in [1.807, 2.05) is 20.0 Å². The standard InChI is InChI=1S/C22H28FN5O2/c1-12-6-17(19-27-28-20(30-19)25-14-9-22(29,10-14)11-23)26-18-15(12)7-13(24-5)8-16(18)21(2,3)4/h6-8,14,24,29H,9-11H2,1-5H3,(H,25,28)/t14-,22+. The van der Waals surface area contributed by atoms with Crippen LogP contribution in [-0.2, 0) is 5.41 Å². The van der Waals surface area contributed by atoms with E-state index in [4.69, 9.17) is 9.40 Å². The molecular formula is C22H28FN5O2. The molecule has 1 fully saturated rings. The molecule has 2 aromatic heterocycles. The van der Waals surface area contributed by atoms with E-state index in [2.05, 4.69) is 53.7 Å². The van der Waals surface area contributed by atoms with Crippen LogP contribution in [0.15, 0.2) is 22.6 Å². The number of aromatic nitrogens is 3. The van der Waals surface area contributed by atoms with E-state index in [1.165, 1.54) is 0 Å². The molecule has 30 heavy (non-hydrogen) atoms. The summed E-state index contributed by atoms with van der Waals surface area (Å²) in [5.41, 5.74) is 3.44. The first-order valence-corrected chi connectivity index (χ1v) is 10.1. The van der Waals surface area contributed by atoms with E-state index < -0.39 is 12.3 Å². The number of rotatable bonds is 5. The minimum atomic E-state index is -1.23. The van der Waals surface area contributed by atoms with Crippen molar-refractivity contribution < 1.29 is 13.9 Å². The van der Waals surface area contributed by atoms with Crippen molar-refractivity contribution in [3.05, 3.63) is 29.3 Å². The first kappa shape index (κ1) is 20.5. The van der Waals surface area contributed by atoms with E-state index in [9.17, 15) is 9.50 Å². The third-order valence-electron chi connectivity index (χ3n) is 5.69. The van der Waals surface area contributed by atoms with Crippen LogP contribution in [0.3, 0.4) is 0 Å². The van der Waals surface area contributed by atoms with Crippen molar-refractivity contribution in [1.29, 1.82) is 0 Å². The van der Waals surface area contributed by atoms with E-state index in [0.717, 1.165) is 27.7 Å². The fourth-order valence-electron chi connectivity index (χ4n) is 3.95.